The second kappa shape index (κ2) is 5.85. The van der Waals surface area contributed by atoms with Gasteiger partial charge in [0.05, 0.1) is 0 Å². The smallest absolute Gasteiger partial charge is 0.475 e. The van der Waals surface area contributed by atoms with Gasteiger partial charge < -0.3 is 10.4 Å². The van der Waals surface area contributed by atoms with Gasteiger partial charge in [-0.3, -0.25) is 4.99 Å². The number of aliphatic imine (C=N–C) groups is 1. The molecule has 0 saturated heterocycles. The molecule has 0 saturated carbocycles. The Morgan fingerprint density at radius 1 is 1.28 bits per heavy atom. The summed E-state index contributed by atoms with van der Waals surface area (Å²) in [6, 6.07) is 8.05. The quantitative estimate of drug-likeness (QED) is 0.752. The first kappa shape index (κ1) is 13.8. The lowest BCUT2D eigenvalue weighted by molar-refractivity contribution is -0.192. The number of carboxylic acid groups (broad SMARTS) is 1. The van der Waals surface area contributed by atoms with Gasteiger partial charge in [-0.2, -0.15) is 13.2 Å². The first-order valence-corrected chi connectivity index (χ1v) is 4.75. The highest BCUT2D eigenvalue weighted by molar-refractivity contribution is 5.88. The second-order valence-corrected chi connectivity index (χ2v) is 3.13. The van der Waals surface area contributed by atoms with E-state index in [0.717, 1.165) is 11.3 Å². The van der Waals surface area contributed by atoms with E-state index in [0.29, 0.717) is 0 Å². The number of anilines is 1. The monoisotopic (exact) mass is 258 g/mol. The molecule has 2 N–H and O–H groups in total. The van der Waals surface area contributed by atoms with E-state index in [4.69, 9.17) is 9.90 Å². The molecule has 0 spiro atoms. The van der Waals surface area contributed by atoms with Crippen LogP contribution in [0.25, 0.3) is 0 Å². The summed E-state index contributed by atoms with van der Waals surface area (Å²) in [7, 11) is 0. The maximum atomic E-state index is 10.6. The standard InChI is InChI=1S/C9H8N2.C2HF3O2/c1-2-4-9-8(3-1)7-10-5-6-11-9;3-2(4,5)1(6)7/h1-7,11H;(H,6,7). The minimum Gasteiger partial charge on any atom is -0.475 e. The van der Waals surface area contributed by atoms with E-state index < -0.39 is 12.1 Å². The molecule has 0 aliphatic carbocycles. The van der Waals surface area contributed by atoms with Gasteiger partial charge >= 0.3 is 12.1 Å². The van der Waals surface area contributed by atoms with Crippen molar-refractivity contribution in [2.45, 2.75) is 6.18 Å². The second-order valence-electron chi connectivity index (χ2n) is 3.13. The van der Waals surface area contributed by atoms with Crippen LogP contribution in [0.1, 0.15) is 5.56 Å². The Morgan fingerprint density at radius 3 is 2.50 bits per heavy atom. The Labute approximate surface area is 100 Å². The number of nitrogens with one attached hydrogen (secondary N) is 1. The molecular formula is C11H9F3N2O2. The van der Waals surface area contributed by atoms with Crippen molar-refractivity contribution in [2.75, 3.05) is 5.32 Å². The van der Waals surface area contributed by atoms with Crippen LogP contribution >= 0.6 is 0 Å². The number of carboxylic acids is 1. The van der Waals surface area contributed by atoms with Crippen LogP contribution in [0.15, 0.2) is 41.7 Å². The lowest BCUT2D eigenvalue weighted by Gasteiger charge is -2.01. The molecule has 4 nitrogen and oxygen atoms in total. The molecular weight excluding hydrogens is 249 g/mol. The predicted octanol–water partition coefficient (Wildman–Crippen LogP) is 2.64. The maximum absolute atomic E-state index is 10.6. The third kappa shape index (κ3) is 4.28. The fourth-order valence-electron chi connectivity index (χ4n) is 1.03. The molecule has 0 bridgehead atoms. The molecule has 1 aliphatic heterocycles. The van der Waals surface area contributed by atoms with Crippen molar-refractivity contribution >= 4 is 17.9 Å². The molecule has 0 unspecified atom stereocenters. The van der Waals surface area contributed by atoms with Gasteiger partial charge in [0, 0.05) is 29.9 Å². The Morgan fingerprint density at radius 2 is 1.89 bits per heavy atom. The van der Waals surface area contributed by atoms with Crippen LogP contribution in [-0.4, -0.2) is 23.5 Å². The number of hydrogen-bond donors (Lipinski definition) is 2. The van der Waals surface area contributed by atoms with E-state index in [1.54, 1.807) is 6.20 Å². The lowest BCUT2D eigenvalue weighted by atomic mass is 10.2. The minimum atomic E-state index is -5.08. The van der Waals surface area contributed by atoms with E-state index in [1.807, 2.05) is 36.7 Å². The van der Waals surface area contributed by atoms with Crippen molar-refractivity contribution in [2.24, 2.45) is 4.99 Å². The maximum Gasteiger partial charge on any atom is 0.490 e. The number of rotatable bonds is 0. The number of para-hydroxylation sites is 1. The molecule has 0 radical (unpaired) electrons. The van der Waals surface area contributed by atoms with Gasteiger partial charge in [0.1, 0.15) is 0 Å². The zero-order valence-electron chi connectivity index (χ0n) is 8.98. The zero-order valence-corrected chi connectivity index (χ0v) is 8.98. The summed E-state index contributed by atoms with van der Waals surface area (Å²) in [5.41, 5.74) is 2.22. The number of carbonyl (C=O) groups is 1. The molecule has 1 aromatic carbocycles. The summed E-state index contributed by atoms with van der Waals surface area (Å²) >= 11 is 0. The fourth-order valence-corrected chi connectivity index (χ4v) is 1.03. The molecule has 1 heterocycles. The number of aliphatic carboxylic acids is 1. The van der Waals surface area contributed by atoms with E-state index >= 15 is 0 Å². The highest BCUT2D eigenvalue weighted by Gasteiger charge is 2.38. The Bertz CT molecular complexity index is 481. The molecule has 0 aromatic heterocycles. The highest BCUT2D eigenvalue weighted by atomic mass is 19.4. The number of hydrogen-bond acceptors (Lipinski definition) is 3. The van der Waals surface area contributed by atoms with E-state index in [-0.39, 0.29) is 0 Å². The minimum absolute atomic E-state index is 1.10. The van der Waals surface area contributed by atoms with Crippen LogP contribution in [0.2, 0.25) is 0 Å². The predicted molar refractivity (Wildman–Crippen MR) is 60.5 cm³/mol. The molecule has 96 valence electrons. The zero-order chi connectivity index (χ0) is 13.6. The number of nitrogens with zero attached hydrogens (tertiary/aromatic N) is 1. The fraction of sp³-hybridized carbons (Fsp3) is 0.0909. The Kier molecular flexibility index (Phi) is 4.47. The van der Waals surface area contributed by atoms with Crippen molar-refractivity contribution in [3.8, 4) is 0 Å². The van der Waals surface area contributed by atoms with Gasteiger partial charge in [0.25, 0.3) is 0 Å². The molecule has 0 atom stereocenters. The van der Waals surface area contributed by atoms with E-state index in [1.165, 1.54) is 0 Å². The molecule has 0 fully saturated rings. The molecule has 18 heavy (non-hydrogen) atoms. The van der Waals surface area contributed by atoms with Crippen LogP contribution in [0, 0.1) is 0 Å². The number of benzene rings is 1. The summed E-state index contributed by atoms with van der Waals surface area (Å²) < 4.78 is 31.7. The average molecular weight is 258 g/mol. The summed E-state index contributed by atoms with van der Waals surface area (Å²) in [5, 5.41) is 10.2. The molecule has 0 amide bonds. The Hall–Kier alpha value is -2.31. The van der Waals surface area contributed by atoms with Gasteiger partial charge in [-0.1, -0.05) is 18.2 Å². The van der Waals surface area contributed by atoms with Crippen molar-refractivity contribution in [1.29, 1.82) is 0 Å². The molecule has 1 aliphatic rings. The molecule has 7 heteroatoms. The third-order valence-corrected chi connectivity index (χ3v) is 1.82. The van der Waals surface area contributed by atoms with Crippen molar-refractivity contribution in [1.82, 2.24) is 0 Å². The summed E-state index contributed by atoms with van der Waals surface area (Å²) in [6.07, 6.45) is 0.314. The number of halogens is 3. The van der Waals surface area contributed by atoms with Crippen molar-refractivity contribution < 1.29 is 23.1 Å². The van der Waals surface area contributed by atoms with Crippen LogP contribution in [0.3, 0.4) is 0 Å². The average Bonchev–Trinajstić information content (AvgIpc) is 2.53. The van der Waals surface area contributed by atoms with Crippen LogP contribution in [-0.2, 0) is 4.79 Å². The Balaban J connectivity index is 0.000000203. The first-order chi connectivity index (χ1) is 8.41. The van der Waals surface area contributed by atoms with Gasteiger partial charge in [-0.05, 0) is 6.07 Å². The number of alkyl halides is 3. The van der Waals surface area contributed by atoms with Gasteiger partial charge in [-0.15, -0.1) is 0 Å². The molecule has 1 aromatic rings. The first-order valence-electron chi connectivity index (χ1n) is 4.75. The van der Waals surface area contributed by atoms with Crippen LogP contribution in [0.4, 0.5) is 18.9 Å². The summed E-state index contributed by atoms with van der Waals surface area (Å²) in [6.45, 7) is 0. The van der Waals surface area contributed by atoms with Crippen LogP contribution in [0.5, 0.6) is 0 Å². The van der Waals surface area contributed by atoms with Gasteiger partial charge in [0.2, 0.25) is 0 Å². The third-order valence-electron chi connectivity index (χ3n) is 1.82. The van der Waals surface area contributed by atoms with E-state index in [9.17, 15) is 13.2 Å². The van der Waals surface area contributed by atoms with Crippen molar-refractivity contribution in [3.05, 3.63) is 42.2 Å². The van der Waals surface area contributed by atoms with Gasteiger partial charge in [-0.25, -0.2) is 4.79 Å². The largest absolute Gasteiger partial charge is 0.490 e. The van der Waals surface area contributed by atoms with E-state index in [2.05, 4.69) is 10.3 Å². The number of fused-ring (bicyclic) bond motifs is 1. The van der Waals surface area contributed by atoms with Crippen molar-refractivity contribution in [3.63, 3.8) is 0 Å². The topological polar surface area (TPSA) is 61.7 Å². The normalized spacial score (nSPS) is 12.6. The SMILES string of the molecule is C1=CNc2ccccc2C=N1.O=C(O)C(F)(F)F. The van der Waals surface area contributed by atoms with Gasteiger partial charge in [0.15, 0.2) is 0 Å². The summed E-state index contributed by atoms with van der Waals surface area (Å²) in [4.78, 5) is 12.9. The van der Waals surface area contributed by atoms with Crippen LogP contribution < -0.4 is 5.32 Å². The lowest BCUT2D eigenvalue weighted by Crippen LogP contribution is -2.21. The highest BCUT2D eigenvalue weighted by Crippen LogP contribution is 2.14. The molecule has 2 rings (SSSR count). The summed E-state index contributed by atoms with van der Waals surface area (Å²) in [5.74, 6) is -2.76.